The molecule has 1 aliphatic carbocycles. The van der Waals surface area contributed by atoms with E-state index in [1.807, 2.05) is 36.5 Å². The zero-order chi connectivity index (χ0) is 26.8. The summed E-state index contributed by atoms with van der Waals surface area (Å²) in [4.78, 5) is 0. The first kappa shape index (κ1) is 28.8. The maximum absolute atomic E-state index is 7.10. The lowest BCUT2D eigenvalue weighted by Gasteiger charge is -2.40. The van der Waals surface area contributed by atoms with E-state index < -0.39 is 22.0 Å². The third-order valence-corrected chi connectivity index (χ3v) is 15.2. The van der Waals surface area contributed by atoms with Crippen molar-refractivity contribution in [2.45, 2.75) is 41.7 Å². The standard InChI is InChI=1S/C33H42O2Si2/c1-7-21-36(22-8-2,23-9-3)34-27-33(28-35-37(24-10-4,25-11-5)26-12-6)31-19-15-13-17-29(31)30-18-14-16-20-32(30)33/h7-20H,1-6,21-28H2. The molecule has 0 amide bonds. The van der Waals surface area contributed by atoms with Crippen LogP contribution in [-0.4, -0.2) is 29.8 Å². The lowest BCUT2D eigenvalue weighted by Crippen LogP contribution is -2.48. The molecule has 2 aromatic carbocycles. The van der Waals surface area contributed by atoms with E-state index in [4.69, 9.17) is 8.85 Å². The van der Waals surface area contributed by atoms with Gasteiger partial charge in [-0.2, -0.15) is 0 Å². The van der Waals surface area contributed by atoms with Gasteiger partial charge in [0.1, 0.15) is 0 Å². The van der Waals surface area contributed by atoms with E-state index in [9.17, 15) is 0 Å². The molecular formula is C33H42O2Si2. The van der Waals surface area contributed by atoms with Crippen LogP contribution in [0, 0.1) is 0 Å². The molecule has 0 radical (unpaired) electrons. The highest BCUT2D eigenvalue weighted by atomic mass is 28.4. The fourth-order valence-electron chi connectivity index (χ4n) is 5.75. The molecule has 1 aliphatic rings. The van der Waals surface area contributed by atoms with Crippen molar-refractivity contribution < 1.29 is 8.85 Å². The zero-order valence-electron chi connectivity index (χ0n) is 22.3. The normalized spacial score (nSPS) is 13.7. The lowest BCUT2D eigenvalue weighted by molar-refractivity contribution is 0.160. The summed E-state index contributed by atoms with van der Waals surface area (Å²) >= 11 is 0. The Bertz CT molecular complexity index is 990. The smallest absolute Gasteiger partial charge is 0.203 e. The van der Waals surface area contributed by atoms with Crippen molar-refractivity contribution in [3.05, 3.63) is 136 Å². The summed E-state index contributed by atoms with van der Waals surface area (Å²) in [5, 5.41) is 0. The molecular weight excluding hydrogens is 485 g/mol. The Morgan fingerprint density at radius 3 is 1.11 bits per heavy atom. The third-order valence-electron chi connectivity index (χ3n) is 7.52. The summed E-state index contributed by atoms with van der Waals surface area (Å²) in [6.07, 6.45) is 12.0. The largest absolute Gasteiger partial charge is 0.415 e. The van der Waals surface area contributed by atoms with Crippen molar-refractivity contribution in [2.75, 3.05) is 13.2 Å². The lowest BCUT2D eigenvalue weighted by atomic mass is 9.80. The molecule has 0 saturated heterocycles. The van der Waals surface area contributed by atoms with Crippen LogP contribution in [-0.2, 0) is 14.3 Å². The van der Waals surface area contributed by atoms with Crippen LogP contribution in [0.2, 0.25) is 36.3 Å². The maximum atomic E-state index is 7.10. The third kappa shape index (κ3) is 6.05. The summed E-state index contributed by atoms with van der Waals surface area (Å²) in [5.41, 5.74) is 4.65. The van der Waals surface area contributed by atoms with Crippen LogP contribution < -0.4 is 0 Å². The quantitative estimate of drug-likeness (QED) is 0.142. The maximum Gasteiger partial charge on any atom is 0.203 e. The molecule has 0 bridgehead atoms. The Morgan fingerprint density at radius 2 is 0.811 bits per heavy atom. The van der Waals surface area contributed by atoms with E-state index in [-0.39, 0.29) is 0 Å². The van der Waals surface area contributed by atoms with Gasteiger partial charge in [-0.3, -0.25) is 0 Å². The number of allylic oxidation sites excluding steroid dienone is 6. The van der Waals surface area contributed by atoms with Crippen molar-refractivity contribution in [3.8, 4) is 11.1 Å². The minimum absolute atomic E-state index is 0.420. The molecule has 0 fully saturated rings. The van der Waals surface area contributed by atoms with E-state index in [0.29, 0.717) is 13.2 Å². The predicted molar refractivity (Wildman–Crippen MR) is 166 cm³/mol. The minimum atomic E-state index is -2.22. The topological polar surface area (TPSA) is 18.5 Å². The highest BCUT2D eigenvalue weighted by molar-refractivity contribution is 6.75. The summed E-state index contributed by atoms with van der Waals surface area (Å²) in [5.74, 6) is 0. The van der Waals surface area contributed by atoms with Crippen LogP contribution in [0.1, 0.15) is 11.1 Å². The SMILES string of the molecule is C=CC[Si](CC=C)(CC=C)OCC1(CO[Si](CC=C)(CC=C)CC=C)c2ccccc2-c2ccccc21. The van der Waals surface area contributed by atoms with Gasteiger partial charge in [-0.15, -0.1) is 39.5 Å². The van der Waals surface area contributed by atoms with Gasteiger partial charge in [0.15, 0.2) is 0 Å². The Balaban J connectivity index is 2.14. The first-order chi connectivity index (χ1) is 18.0. The first-order valence-electron chi connectivity index (χ1n) is 13.1. The van der Waals surface area contributed by atoms with E-state index in [1.165, 1.54) is 22.3 Å². The second kappa shape index (κ2) is 13.2. The molecule has 2 aromatic rings. The van der Waals surface area contributed by atoms with Crippen molar-refractivity contribution >= 4 is 16.6 Å². The van der Waals surface area contributed by atoms with Gasteiger partial charge in [-0.05, 0) is 58.5 Å². The van der Waals surface area contributed by atoms with E-state index in [1.54, 1.807) is 0 Å². The Hall–Kier alpha value is -2.77. The molecule has 0 atom stereocenters. The van der Waals surface area contributed by atoms with Crippen molar-refractivity contribution in [2.24, 2.45) is 0 Å². The van der Waals surface area contributed by atoms with Crippen LogP contribution in [0.3, 0.4) is 0 Å². The molecule has 194 valence electrons. The van der Waals surface area contributed by atoms with Gasteiger partial charge in [-0.25, -0.2) is 0 Å². The summed E-state index contributed by atoms with van der Waals surface area (Å²) in [6, 6.07) is 22.6. The molecule has 0 aromatic heterocycles. The van der Waals surface area contributed by atoms with Crippen molar-refractivity contribution in [3.63, 3.8) is 0 Å². The monoisotopic (exact) mass is 526 g/mol. The highest BCUT2D eigenvalue weighted by Gasteiger charge is 2.47. The molecule has 0 unspecified atom stereocenters. The summed E-state index contributed by atoms with van der Waals surface area (Å²) in [6.45, 7) is 25.4. The molecule has 37 heavy (non-hydrogen) atoms. The number of hydrogen-bond acceptors (Lipinski definition) is 2. The van der Waals surface area contributed by atoms with Crippen LogP contribution in [0.15, 0.2) is 124 Å². The molecule has 0 N–H and O–H groups in total. The molecule has 0 spiro atoms. The van der Waals surface area contributed by atoms with Gasteiger partial charge < -0.3 is 8.85 Å². The number of rotatable bonds is 18. The molecule has 3 rings (SSSR count). The Kier molecular flexibility index (Phi) is 10.2. The van der Waals surface area contributed by atoms with Crippen molar-refractivity contribution in [1.29, 1.82) is 0 Å². The van der Waals surface area contributed by atoms with Crippen LogP contribution in [0.25, 0.3) is 11.1 Å². The molecule has 0 saturated carbocycles. The van der Waals surface area contributed by atoms with Crippen LogP contribution >= 0.6 is 0 Å². The van der Waals surface area contributed by atoms with E-state index >= 15 is 0 Å². The highest BCUT2D eigenvalue weighted by Crippen LogP contribution is 2.50. The van der Waals surface area contributed by atoms with Gasteiger partial charge in [0, 0.05) is 13.2 Å². The average molecular weight is 527 g/mol. The number of benzene rings is 2. The molecule has 0 heterocycles. The average Bonchev–Trinajstić information content (AvgIpc) is 3.18. The Labute approximate surface area is 226 Å². The van der Waals surface area contributed by atoms with E-state index in [0.717, 1.165) is 36.3 Å². The second-order valence-electron chi connectivity index (χ2n) is 10.1. The van der Waals surface area contributed by atoms with Gasteiger partial charge in [0.25, 0.3) is 0 Å². The molecule has 0 aliphatic heterocycles. The van der Waals surface area contributed by atoms with Crippen molar-refractivity contribution in [1.82, 2.24) is 0 Å². The Morgan fingerprint density at radius 1 is 0.514 bits per heavy atom. The summed E-state index contributed by atoms with van der Waals surface area (Å²) in [7, 11) is -4.44. The fraction of sp³-hybridized carbons (Fsp3) is 0.273. The van der Waals surface area contributed by atoms with Gasteiger partial charge in [-0.1, -0.05) is 85.0 Å². The number of fused-ring (bicyclic) bond motifs is 3. The van der Waals surface area contributed by atoms with Gasteiger partial charge >= 0.3 is 0 Å². The molecule has 4 heteroatoms. The van der Waals surface area contributed by atoms with Gasteiger partial charge in [0.05, 0.1) is 5.41 Å². The molecule has 2 nitrogen and oxygen atoms in total. The zero-order valence-corrected chi connectivity index (χ0v) is 24.3. The minimum Gasteiger partial charge on any atom is -0.415 e. The second-order valence-corrected chi connectivity index (χ2v) is 17.8. The summed E-state index contributed by atoms with van der Waals surface area (Å²) < 4.78 is 14.2. The van der Waals surface area contributed by atoms with Crippen LogP contribution in [0.4, 0.5) is 0 Å². The fourth-order valence-corrected chi connectivity index (χ4v) is 11.7. The predicted octanol–water partition coefficient (Wildman–Crippen LogP) is 8.99. The number of hydrogen-bond donors (Lipinski definition) is 0. The first-order valence-corrected chi connectivity index (χ1v) is 18.2. The van der Waals surface area contributed by atoms with E-state index in [2.05, 4.69) is 88.0 Å². The van der Waals surface area contributed by atoms with Gasteiger partial charge in [0.2, 0.25) is 16.6 Å². The van der Waals surface area contributed by atoms with Crippen LogP contribution in [0.5, 0.6) is 0 Å².